The topological polar surface area (TPSA) is 75.3 Å². The molecule has 2 heterocycles. The zero-order valence-corrected chi connectivity index (χ0v) is 16.5. The van der Waals surface area contributed by atoms with Crippen molar-refractivity contribution in [1.82, 2.24) is 20.6 Å². The Kier molecular flexibility index (Phi) is 5.52. The van der Waals surface area contributed by atoms with E-state index < -0.39 is 0 Å². The largest absolute Gasteiger partial charge is 0.444 e. The Morgan fingerprint density at radius 3 is 2.62 bits per heavy atom. The Morgan fingerprint density at radius 1 is 1.00 bits per heavy atom. The molecule has 0 aliphatic heterocycles. The molecule has 146 valence electrons. The van der Waals surface area contributed by atoms with E-state index >= 15 is 0 Å². The third-order valence-corrected chi connectivity index (χ3v) is 4.67. The van der Waals surface area contributed by atoms with Gasteiger partial charge in [-0.05, 0) is 30.7 Å². The fourth-order valence-corrected chi connectivity index (χ4v) is 3.10. The third-order valence-electron chi connectivity index (χ3n) is 4.67. The van der Waals surface area contributed by atoms with Gasteiger partial charge in [0.1, 0.15) is 6.26 Å². The van der Waals surface area contributed by atoms with Gasteiger partial charge in [0.2, 0.25) is 5.89 Å². The van der Waals surface area contributed by atoms with Crippen molar-refractivity contribution >= 4 is 16.9 Å². The molecule has 0 aliphatic carbocycles. The molecule has 4 rings (SSSR count). The molecule has 0 spiro atoms. The van der Waals surface area contributed by atoms with E-state index in [2.05, 4.69) is 50.7 Å². The minimum Gasteiger partial charge on any atom is -0.444 e. The van der Waals surface area contributed by atoms with Crippen molar-refractivity contribution in [3.05, 3.63) is 83.9 Å². The predicted molar refractivity (Wildman–Crippen MR) is 115 cm³/mol. The molecule has 0 unspecified atom stereocenters. The van der Waals surface area contributed by atoms with Crippen LogP contribution in [0.3, 0.4) is 0 Å². The van der Waals surface area contributed by atoms with Gasteiger partial charge in [-0.15, -0.1) is 0 Å². The molecule has 2 aromatic carbocycles. The highest BCUT2D eigenvalue weighted by molar-refractivity contribution is 5.83. The summed E-state index contributed by atoms with van der Waals surface area (Å²) in [4.78, 5) is 13.3. The second-order valence-electron chi connectivity index (χ2n) is 6.78. The first-order valence-electron chi connectivity index (χ1n) is 9.51. The zero-order chi connectivity index (χ0) is 20.1. The molecule has 6 heteroatoms. The summed E-state index contributed by atoms with van der Waals surface area (Å²) in [6.45, 7) is 3.20. The highest BCUT2D eigenvalue weighted by Crippen LogP contribution is 2.19. The minimum absolute atomic E-state index is 0.517. The van der Waals surface area contributed by atoms with E-state index in [1.54, 1.807) is 13.3 Å². The van der Waals surface area contributed by atoms with E-state index in [1.165, 1.54) is 5.56 Å². The zero-order valence-electron chi connectivity index (χ0n) is 16.5. The van der Waals surface area contributed by atoms with Gasteiger partial charge >= 0.3 is 0 Å². The first-order chi connectivity index (χ1) is 14.2. The molecular weight excluding hydrogens is 362 g/mol. The summed E-state index contributed by atoms with van der Waals surface area (Å²) >= 11 is 0. The molecular formula is C23H23N5O. The van der Waals surface area contributed by atoms with Gasteiger partial charge in [0.25, 0.3) is 0 Å². The standard InChI is InChI=1S/C23H23N5O/c1-16-8-10-18(11-9-16)22-28-20(15-29-22)14-27-23(24-2)26-13-19-6-3-5-17-7-4-12-25-21(17)19/h3-12,15H,13-14H2,1-2H3,(H2,24,26,27). The SMILES string of the molecule is CN=C(NCc1coc(-c2ccc(C)cc2)n1)NCc1cccc2cccnc12. The average Bonchev–Trinajstić information content (AvgIpc) is 3.23. The highest BCUT2D eigenvalue weighted by atomic mass is 16.3. The summed E-state index contributed by atoms with van der Waals surface area (Å²) in [5.41, 5.74) is 5.10. The number of rotatable bonds is 5. The molecule has 0 saturated carbocycles. The van der Waals surface area contributed by atoms with Gasteiger partial charge in [-0.1, -0.05) is 42.0 Å². The maximum atomic E-state index is 5.61. The van der Waals surface area contributed by atoms with Gasteiger partial charge in [-0.3, -0.25) is 9.98 Å². The normalized spacial score (nSPS) is 11.6. The maximum absolute atomic E-state index is 5.61. The van der Waals surface area contributed by atoms with E-state index in [9.17, 15) is 0 Å². The first-order valence-corrected chi connectivity index (χ1v) is 9.51. The smallest absolute Gasteiger partial charge is 0.226 e. The Morgan fingerprint density at radius 2 is 1.79 bits per heavy atom. The number of para-hydroxylation sites is 1. The monoisotopic (exact) mass is 385 g/mol. The summed E-state index contributed by atoms with van der Waals surface area (Å²) in [7, 11) is 1.75. The van der Waals surface area contributed by atoms with Crippen LogP contribution in [-0.2, 0) is 13.1 Å². The number of fused-ring (bicyclic) bond motifs is 1. The first kappa shape index (κ1) is 18.7. The summed E-state index contributed by atoms with van der Waals surface area (Å²) in [6, 6.07) is 18.3. The Labute approximate surface area is 169 Å². The average molecular weight is 385 g/mol. The third kappa shape index (κ3) is 4.43. The number of aliphatic imine (C=N–C) groups is 1. The lowest BCUT2D eigenvalue weighted by molar-refractivity contribution is 0.572. The van der Waals surface area contributed by atoms with Gasteiger partial charge in [0.15, 0.2) is 5.96 Å². The molecule has 0 atom stereocenters. The number of benzene rings is 2. The van der Waals surface area contributed by atoms with Crippen molar-refractivity contribution in [2.24, 2.45) is 4.99 Å². The molecule has 29 heavy (non-hydrogen) atoms. The number of nitrogens with zero attached hydrogens (tertiary/aromatic N) is 3. The molecule has 0 saturated heterocycles. The van der Waals surface area contributed by atoms with Crippen LogP contribution in [0.1, 0.15) is 16.8 Å². The van der Waals surface area contributed by atoms with Crippen LogP contribution >= 0.6 is 0 Å². The number of aryl methyl sites for hydroxylation is 1. The van der Waals surface area contributed by atoms with Crippen molar-refractivity contribution in [1.29, 1.82) is 0 Å². The number of pyridine rings is 1. The molecule has 4 aromatic rings. The van der Waals surface area contributed by atoms with Crippen molar-refractivity contribution < 1.29 is 4.42 Å². The van der Waals surface area contributed by atoms with Gasteiger partial charge in [-0.2, -0.15) is 0 Å². The lowest BCUT2D eigenvalue weighted by atomic mass is 10.1. The van der Waals surface area contributed by atoms with Gasteiger partial charge in [0.05, 0.1) is 17.8 Å². The minimum atomic E-state index is 0.517. The maximum Gasteiger partial charge on any atom is 0.226 e. The van der Waals surface area contributed by atoms with Crippen LogP contribution in [0.2, 0.25) is 0 Å². The molecule has 6 nitrogen and oxygen atoms in total. The van der Waals surface area contributed by atoms with Crippen molar-refractivity contribution in [3.63, 3.8) is 0 Å². The fraction of sp³-hybridized carbons (Fsp3) is 0.174. The van der Waals surface area contributed by atoms with Crippen LogP contribution in [0.15, 0.2) is 76.5 Å². The fourth-order valence-electron chi connectivity index (χ4n) is 3.10. The molecule has 0 amide bonds. The van der Waals surface area contributed by atoms with Crippen LogP contribution in [-0.4, -0.2) is 23.0 Å². The number of aromatic nitrogens is 2. The lowest BCUT2D eigenvalue weighted by Crippen LogP contribution is -2.36. The molecule has 0 fully saturated rings. The van der Waals surface area contributed by atoms with E-state index in [0.29, 0.717) is 24.9 Å². The Balaban J connectivity index is 1.37. The number of hydrogen-bond donors (Lipinski definition) is 2. The van der Waals surface area contributed by atoms with Crippen LogP contribution in [0.25, 0.3) is 22.4 Å². The van der Waals surface area contributed by atoms with Crippen LogP contribution in [0.4, 0.5) is 0 Å². The summed E-state index contributed by atoms with van der Waals surface area (Å²) in [5, 5.41) is 7.73. The quantitative estimate of drug-likeness (QED) is 0.400. The lowest BCUT2D eigenvalue weighted by Gasteiger charge is -2.12. The molecule has 0 bridgehead atoms. The van der Waals surface area contributed by atoms with Gasteiger partial charge < -0.3 is 15.1 Å². The Hall–Kier alpha value is -3.67. The number of guanidine groups is 1. The Bertz CT molecular complexity index is 1130. The van der Waals surface area contributed by atoms with Crippen LogP contribution in [0, 0.1) is 6.92 Å². The number of nitrogens with one attached hydrogen (secondary N) is 2. The van der Waals surface area contributed by atoms with Crippen LogP contribution in [0.5, 0.6) is 0 Å². The molecule has 0 radical (unpaired) electrons. The van der Waals surface area contributed by atoms with Crippen molar-refractivity contribution in [3.8, 4) is 11.5 Å². The predicted octanol–water partition coefficient (Wildman–Crippen LogP) is 4.06. The summed E-state index contributed by atoms with van der Waals surface area (Å²) < 4.78 is 5.61. The number of hydrogen-bond acceptors (Lipinski definition) is 4. The van der Waals surface area contributed by atoms with E-state index in [-0.39, 0.29) is 0 Å². The van der Waals surface area contributed by atoms with E-state index in [4.69, 9.17) is 4.42 Å². The van der Waals surface area contributed by atoms with Gasteiger partial charge in [-0.25, -0.2) is 4.98 Å². The van der Waals surface area contributed by atoms with E-state index in [1.807, 2.05) is 42.6 Å². The van der Waals surface area contributed by atoms with Crippen LogP contribution < -0.4 is 10.6 Å². The molecule has 2 N–H and O–H groups in total. The molecule has 0 aliphatic rings. The van der Waals surface area contributed by atoms with Crippen molar-refractivity contribution in [2.45, 2.75) is 20.0 Å². The highest BCUT2D eigenvalue weighted by Gasteiger charge is 2.08. The second kappa shape index (κ2) is 8.56. The van der Waals surface area contributed by atoms with Crippen molar-refractivity contribution in [2.75, 3.05) is 7.05 Å². The van der Waals surface area contributed by atoms with E-state index in [0.717, 1.165) is 27.7 Å². The second-order valence-corrected chi connectivity index (χ2v) is 6.78. The number of oxazole rings is 1. The summed E-state index contributed by atoms with van der Waals surface area (Å²) in [5.74, 6) is 1.31. The van der Waals surface area contributed by atoms with Gasteiger partial charge in [0, 0.05) is 30.7 Å². The molecule has 2 aromatic heterocycles. The summed E-state index contributed by atoms with van der Waals surface area (Å²) in [6.07, 6.45) is 3.49.